The molecule has 0 aromatic heterocycles. The summed E-state index contributed by atoms with van der Waals surface area (Å²) in [6.07, 6.45) is 12.1. The van der Waals surface area contributed by atoms with Crippen LogP contribution in [0, 0.1) is 5.92 Å². The van der Waals surface area contributed by atoms with E-state index in [1.54, 1.807) is 0 Å². The number of hydrogen-bond acceptors (Lipinski definition) is 4. The maximum Gasteiger partial charge on any atom is 0.161 e. The standard InChI is InChI=1S/C29H30N2O2/c1-21-14-29-24(18-31(20-33-29)26-10-6-3-7-11-26)16-27(21)22-12-13-28-23(15-22)17-30(19-32-28)25-8-4-2-5-9-25/h2-4,6-8,10-13,15-16,21H,5,9,14,17-20H2,1H3. The van der Waals surface area contributed by atoms with Crippen molar-refractivity contribution in [1.82, 2.24) is 4.90 Å². The van der Waals surface area contributed by atoms with Crippen LogP contribution in [0.15, 0.2) is 89.9 Å². The predicted molar refractivity (Wildman–Crippen MR) is 132 cm³/mol. The minimum absolute atomic E-state index is 0.428. The van der Waals surface area contributed by atoms with Crippen LogP contribution < -0.4 is 9.64 Å². The number of allylic oxidation sites excluding steroid dienone is 6. The van der Waals surface area contributed by atoms with Crippen molar-refractivity contribution in [3.63, 3.8) is 0 Å². The second-order valence-electron chi connectivity index (χ2n) is 9.38. The summed E-state index contributed by atoms with van der Waals surface area (Å²) in [7, 11) is 0. The molecule has 0 bridgehead atoms. The van der Waals surface area contributed by atoms with Crippen LogP contribution >= 0.6 is 0 Å². The molecule has 0 fully saturated rings. The molecule has 2 aliphatic carbocycles. The van der Waals surface area contributed by atoms with Crippen molar-refractivity contribution < 1.29 is 9.47 Å². The van der Waals surface area contributed by atoms with Crippen LogP contribution in [0.3, 0.4) is 0 Å². The Labute approximate surface area is 196 Å². The first-order valence-electron chi connectivity index (χ1n) is 12.0. The van der Waals surface area contributed by atoms with Gasteiger partial charge in [0.05, 0.1) is 0 Å². The van der Waals surface area contributed by atoms with Gasteiger partial charge in [0, 0.05) is 42.0 Å². The number of ether oxygens (including phenoxy) is 2. The first kappa shape index (κ1) is 20.2. The van der Waals surface area contributed by atoms with E-state index in [1.807, 2.05) is 0 Å². The monoisotopic (exact) mass is 438 g/mol. The topological polar surface area (TPSA) is 24.9 Å². The highest BCUT2D eigenvalue weighted by Crippen LogP contribution is 2.40. The highest BCUT2D eigenvalue weighted by atomic mass is 16.5. The molecule has 4 nitrogen and oxygen atoms in total. The molecule has 0 amide bonds. The minimum atomic E-state index is 0.428. The Morgan fingerprint density at radius 2 is 1.82 bits per heavy atom. The first-order valence-corrected chi connectivity index (χ1v) is 12.0. The molecule has 6 rings (SSSR count). The van der Waals surface area contributed by atoms with Crippen LogP contribution in [0.25, 0.3) is 5.57 Å². The summed E-state index contributed by atoms with van der Waals surface area (Å²) in [5.74, 6) is 2.60. The number of nitrogens with zero attached hydrogens (tertiary/aromatic N) is 2. The van der Waals surface area contributed by atoms with Crippen molar-refractivity contribution in [3.05, 3.63) is 101 Å². The SMILES string of the molecule is CC1CC2=C(C=C1c1ccc3c(c1)CN(C1=CC=CCC1)CO3)CN(c1ccccc1)CO2. The van der Waals surface area contributed by atoms with Gasteiger partial charge < -0.3 is 19.3 Å². The van der Waals surface area contributed by atoms with Crippen LogP contribution in [0.4, 0.5) is 5.69 Å². The van der Waals surface area contributed by atoms with E-state index in [-0.39, 0.29) is 0 Å². The Balaban J connectivity index is 1.27. The minimum Gasteiger partial charge on any atom is -0.477 e. The molecule has 33 heavy (non-hydrogen) atoms. The lowest BCUT2D eigenvalue weighted by Crippen LogP contribution is -2.34. The molecule has 4 aliphatic rings. The van der Waals surface area contributed by atoms with Gasteiger partial charge in [-0.25, -0.2) is 0 Å². The molecule has 2 aromatic carbocycles. The third-order valence-electron chi connectivity index (χ3n) is 7.12. The smallest absolute Gasteiger partial charge is 0.161 e. The summed E-state index contributed by atoms with van der Waals surface area (Å²) < 4.78 is 12.3. The number of hydrogen-bond donors (Lipinski definition) is 0. The largest absolute Gasteiger partial charge is 0.477 e. The van der Waals surface area contributed by atoms with E-state index in [9.17, 15) is 0 Å². The van der Waals surface area contributed by atoms with Crippen LogP contribution in [0.1, 0.15) is 37.3 Å². The molecule has 0 saturated heterocycles. The Hall–Kier alpha value is -3.40. The molecule has 0 radical (unpaired) electrons. The first-order chi connectivity index (χ1) is 16.2. The molecule has 2 heterocycles. The molecule has 168 valence electrons. The average molecular weight is 439 g/mol. The number of rotatable bonds is 3. The van der Waals surface area contributed by atoms with Gasteiger partial charge in [0.1, 0.15) is 11.5 Å². The Morgan fingerprint density at radius 1 is 0.939 bits per heavy atom. The van der Waals surface area contributed by atoms with Gasteiger partial charge in [0.2, 0.25) is 0 Å². The average Bonchev–Trinajstić information content (AvgIpc) is 2.88. The molecule has 4 heteroatoms. The van der Waals surface area contributed by atoms with Crippen LogP contribution in [0.2, 0.25) is 0 Å². The van der Waals surface area contributed by atoms with Crippen molar-refractivity contribution in [2.24, 2.45) is 5.92 Å². The van der Waals surface area contributed by atoms with Crippen molar-refractivity contribution >= 4 is 11.3 Å². The lowest BCUT2D eigenvalue weighted by molar-refractivity contribution is 0.124. The molecule has 1 atom stereocenters. The van der Waals surface area contributed by atoms with Gasteiger partial charge in [-0.1, -0.05) is 43.3 Å². The van der Waals surface area contributed by atoms with E-state index >= 15 is 0 Å². The normalized spacial score (nSPS) is 22.0. The molecule has 0 saturated carbocycles. The van der Waals surface area contributed by atoms with Gasteiger partial charge in [-0.15, -0.1) is 0 Å². The van der Waals surface area contributed by atoms with E-state index in [4.69, 9.17) is 9.47 Å². The van der Waals surface area contributed by atoms with Gasteiger partial charge in [-0.05, 0) is 66.3 Å². The zero-order valence-electron chi connectivity index (χ0n) is 19.2. The van der Waals surface area contributed by atoms with Crippen LogP contribution in [0.5, 0.6) is 5.75 Å². The highest BCUT2D eigenvalue weighted by molar-refractivity contribution is 5.73. The molecule has 0 N–H and O–H groups in total. The maximum absolute atomic E-state index is 6.20. The van der Waals surface area contributed by atoms with Crippen molar-refractivity contribution in [3.8, 4) is 5.75 Å². The van der Waals surface area contributed by atoms with Gasteiger partial charge in [0.15, 0.2) is 13.5 Å². The molecular weight excluding hydrogens is 408 g/mol. The Morgan fingerprint density at radius 3 is 2.67 bits per heavy atom. The lowest BCUT2D eigenvalue weighted by atomic mass is 9.83. The van der Waals surface area contributed by atoms with E-state index in [2.05, 4.69) is 89.6 Å². The molecule has 0 spiro atoms. The third-order valence-corrected chi connectivity index (χ3v) is 7.12. The number of fused-ring (bicyclic) bond motifs is 1. The lowest BCUT2D eigenvalue weighted by Gasteiger charge is -2.36. The summed E-state index contributed by atoms with van der Waals surface area (Å²) >= 11 is 0. The zero-order chi connectivity index (χ0) is 22.2. The van der Waals surface area contributed by atoms with Crippen LogP contribution in [-0.4, -0.2) is 24.9 Å². The Bertz CT molecular complexity index is 1180. The summed E-state index contributed by atoms with van der Waals surface area (Å²) in [6.45, 7) is 5.36. The highest BCUT2D eigenvalue weighted by Gasteiger charge is 2.28. The Kier molecular flexibility index (Phi) is 5.21. The number of benzene rings is 2. The fourth-order valence-corrected chi connectivity index (χ4v) is 5.25. The van der Waals surface area contributed by atoms with E-state index in [0.29, 0.717) is 19.4 Å². The van der Waals surface area contributed by atoms with Crippen LogP contribution in [-0.2, 0) is 11.3 Å². The number of para-hydroxylation sites is 1. The third kappa shape index (κ3) is 3.95. The van der Waals surface area contributed by atoms with E-state index in [0.717, 1.165) is 43.9 Å². The van der Waals surface area contributed by atoms with Gasteiger partial charge in [-0.3, -0.25) is 0 Å². The van der Waals surface area contributed by atoms with E-state index in [1.165, 1.54) is 33.7 Å². The fraction of sp³-hybridized carbons (Fsp3) is 0.310. The van der Waals surface area contributed by atoms with Crippen molar-refractivity contribution in [1.29, 1.82) is 0 Å². The predicted octanol–water partition coefficient (Wildman–Crippen LogP) is 6.24. The molecular formula is C29H30N2O2. The van der Waals surface area contributed by atoms with Gasteiger partial charge in [-0.2, -0.15) is 0 Å². The molecule has 2 aromatic rings. The summed E-state index contributed by atoms with van der Waals surface area (Å²) in [4.78, 5) is 4.66. The molecule has 2 aliphatic heterocycles. The summed E-state index contributed by atoms with van der Waals surface area (Å²) in [6, 6.07) is 17.2. The second kappa shape index (κ2) is 8.51. The van der Waals surface area contributed by atoms with Crippen molar-refractivity contribution in [2.75, 3.05) is 24.9 Å². The maximum atomic E-state index is 6.20. The van der Waals surface area contributed by atoms with Gasteiger partial charge in [0.25, 0.3) is 0 Å². The van der Waals surface area contributed by atoms with E-state index < -0.39 is 0 Å². The second-order valence-corrected chi connectivity index (χ2v) is 9.38. The zero-order valence-corrected chi connectivity index (χ0v) is 19.2. The summed E-state index contributed by atoms with van der Waals surface area (Å²) in [5.41, 5.74) is 7.84. The van der Waals surface area contributed by atoms with Crippen molar-refractivity contribution in [2.45, 2.75) is 32.7 Å². The molecule has 1 unspecified atom stereocenters. The fourth-order valence-electron chi connectivity index (χ4n) is 5.25. The quantitative estimate of drug-likeness (QED) is 0.566. The summed E-state index contributed by atoms with van der Waals surface area (Å²) in [5, 5.41) is 0. The number of anilines is 1. The van der Waals surface area contributed by atoms with Gasteiger partial charge >= 0.3 is 0 Å².